The maximum atomic E-state index is 10.5. The molecule has 2 nitrogen and oxygen atoms in total. The SMILES string of the molecule is CC(C)=CC[C@@H](/C=C/C(C)=C/C=C/C(C)=C/C=C/C(C)=C/C=C/C=C(C)/C=C/C=C(C)/C=C/C=C(C)/C=C/[C@@H](CC=C(C)C)C(C)(C)O)C(C)(C)O. The van der Waals surface area contributed by atoms with Crippen molar-refractivity contribution >= 4 is 0 Å². The molecule has 52 heavy (non-hydrogen) atoms. The first-order chi connectivity index (χ1) is 24.2. The molecule has 0 aliphatic carbocycles. The van der Waals surface area contributed by atoms with Gasteiger partial charge in [0.25, 0.3) is 0 Å². The maximum absolute atomic E-state index is 10.5. The number of allylic oxidation sites excluding steroid dienone is 28. The molecule has 0 rings (SSSR count). The second-order valence-corrected chi connectivity index (χ2v) is 15.6. The molecule has 0 aromatic heterocycles. The summed E-state index contributed by atoms with van der Waals surface area (Å²) < 4.78 is 0. The Morgan fingerprint density at radius 1 is 0.385 bits per heavy atom. The lowest BCUT2D eigenvalue weighted by atomic mass is 9.87. The van der Waals surface area contributed by atoms with Crippen LogP contribution >= 0.6 is 0 Å². The molecule has 0 spiro atoms. The minimum Gasteiger partial charge on any atom is -0.390 e. The molecule has 0 fully saturated rings. The summed E-state index contributed by atoms with van der Waals surface area (Å²) >= 11 is 0. The van der Waals surface area contributed by atoms with Crippen LogP contribution in [0.15, 0.2) is 178 Å². The monoisotopic (exact) mass is 705 g/mol. The van der Waals surface area contributed by atoms with Crippen molar-refractivity contribution in [1.82, 2.24) is 0 Å². The van der Waals surface area contributed by atoms with Gasteiger partial charge in [-0.15, -0.1) is 0 Å². The summed E-state index contributed by atoms with van der Waals surface area (Å²) in [5.74, 6) is 0.141. The van der Waals surface area contributed by atoms with E-state index in [0.717, 1.165) is 24.0 Å². The van der Waals surface area contributed by atoms with Crippen LogP contribution in [0.4, 0.5) is 0 Å². The average Bonchev–Trinajstić information content (AvgIpc) is 3.01. The molecule has 0 saturated carbocycles. The van der Waals surface area contributed by atoms with Crippen molar-refractivity contribution in [3.63, 3.8) is 0 Å². The first-order valence-corrected chi connectivity index (χ1v) is 18.7. The number of hydrogen-bond acceptors (Lipinski definition) is 2. The van der Waals surface area contributed by atoms with Crippen molar-refractivity contribution in [3.05, 3.63) is 178 Å². The van der Waals surface area contributed by atoms with Crippen molar-refractivity contribution in [1.29, 1.82) is 0 Å². The lowest BCUT2D eigenvalue weighted by molar-refractivity contribution is 0.0375. The Hall–Kier alpha value is -3.98. The third-order valence-electron chi connectivity index (χ3n) is 8.26. The van der Waals surface area contributed by atoms with Crippen LogP contribution in [0.5, 0.6) is 0 Å². The predicted octanol–water partition coefficient (Wildman–Crippen LogP) is 14.0. The Balaban J connectivity index is 5.08. The Bertz CT molecular complexity index is 1430. The lowest BCUT2D eigenvalue weighted by Gasteiger charge is -2.26. The number of hydrogen-bond donors (Lipinski definition) is 2. The largest absolute Gasteiger partial charge is 0.390 e. The van der Waals surface area contributed by atoms with E-state index in [-0.39, 0.29) is 11.8 Å². The normalized spacial score (nSPS) is 16.6. The van der Waals surface area contributed by atoms with Crippen molar-refractivity contribution in [2.75, 3.05) is 0 Å². The molecule has 2 atom stereocenters. The third-order valence-corrected chi connectivity index (χ3v) is 8.26. The molecule has 2 N–H and O–H groups in total. The fourth-order valence-electron chi connectivity index (χ4n) is 4.62. The Kier molecular flexibility index (Phi) is 23.9. The van der Waals surface area contributed by atoms with E-state index < -0.39 is 11.2 Å². The molecule has 0 bridgehead atoms. The topological polar surface area (TPSA) is 40.5 Å². The van der Waals surface area contributed by atoms with E-state index in [1.807, 2.05) is 27.7 Å². The minimum atomic E-state index is -0.761. The van der Waals surface area contributed by atoms with Crippen molar-refractivity contribution in [2.45, 2.75) is 121 Å². The molecular formula is C50H72O2. The first-order valence-electron chi connectivity index (χ1n) is 18.7. The molecular weight excluding hydrogens is 633 g/mol. The van der Waals surface area contributed by atoms with Crippen LogP contribution < -0.4 is 0 Å². The molecule has 0 radical (unpaired) electrons. The van der Waals surface area contributed by atoms with Crippen molar-refractivity contribution in [3.8, 4) is 0 Å². The van der Waals surface area contributed by atoms with Gasteiger partial charge in [-0.05, 0) is 110 Å². The molecule has 0 aliphatic heterocycles. The van der Waals surface area contributed by atoms with Crippen LogP contribution in [0, 0.1) is 11.8 Å². The van der Waals surface area contributed by atoms with Gasteiger partial charge < -0.3 is 10.2 Å². The van der Waals surface area contributed by atoms with Gasteiger partial charge in [-0.3, -0.25) is 0 Å². The van der Waals surface area contributed by atoms with Gasteiger partial charge in [-0.1, -0.05) is 178 Å². The summed E-state index contributed by atoms with van der Waals surface area (Å²) in [5.41, 5.74) is 7.99. The smallest absolute Gasteiger partial charge is 0.0657 e. The summed E-state index contributed by atoms with van der Waals surface area (Å²) in [6.07, 6.45) is 47.9. The highest BCUT2D eigenvalue weighted by atomic mass is 16.3. The first kappa shape index (κ1) is 48.0. The highest BCUT2D eigenvalue weighted by Crippen LogP contribution is 2.24. The molecule has 0 heterocycles. The molecule has 0 aromatic carbocycles. The van der Waals surface area contributed by atoms with Gasteiger partial charge in [0.05, 0.1) is 11.2 Å². The fourth-order valence-corrected chi connectivity index (χ4v) is 4.62. The third kappa shape index (κ3) is 26.8. The quantitative estimate of drug-likeness (QED) is 0.0978. The fraction of sp³-hybridized carbons (Fsp3) is 0.400. The van der Waals surface area contributed by atoms with E-state index in [1.165, 1.54) is 33.4 Å². The Morgan fingerprint density at radius 2 is 0.615 bits per heavy atom. The number of rotatable bonds is 20. The maximum Gasteiger partial charge on any atom is 0.0657 e. The molecule has 284 valence electrons. The van der Waals surface area contributed by atoms with Gasteiger partial charge in [-0.25, -0.2) is 0 Å². The van der Waals surface area contributed by atoms with Crippen LogP contribution in [-0.4, -0.2) is 21.4 Å². The molecule has 0 aliphatic rings. The van der Waals surface area contributed by atoms with E-state index in [2.05, 4.69) is 203 Å². The average molecular weight is 705 g/mol. The highest BCUT2D eigenvalue weighted by Gasteiger charge is 2.24. The van der Waals surface area contributed by atoms with Crippen molar-refractivity contribution < 1.29 is 10.2 Å². The van der Waals surface area contributed by atoms with Crippen LogP contribution in [-0.2, 0) is 0 Å². The van der Waals surface area contributed by atoms with Crippen LogP contribution in [0.1, 0.15) is 110 Å². The highest BCUT2D eigenvalue weighted by molar-refractivity contribution is 5.34. The Labute approximate surface area is 320 Å². The summed E-state index contributed by atoms with van der Waals surface area (Å²) in [4.78, 5) is 0. The zero-order chi connectivity index (χ0) is 39.7. The zero-order valence-corrected chi connectivity index (χ0v) is 35.2. The van der Waals surface area contributed by atoms with Gasteiger partial charge in [0.2, 0.25) is 0 Å². The van der Waals surface area contributed by atoms with Gasteiger partial charge in [0.15, 0.2) is 0 Å². The van der Waals surface area contributed by atoms with Crippen LogP contribution in [0.3, 0.4) is 0 Å². The molecule has 0 aromatic rings. The molecule has 2 heteroatoms. The summed E-state index contributed by atoms with van der Waals surface area (Å²) in [7, 11) is 0. The molecule has 0 amide bonds. The van der Waals surface area contributed by atoms with Crippen LogP contribution in [0.2, 0.25) is 0 Å². The summed E-state index contributed by atoms with van der Waals surface area (Å²) in [5, 5.41) is 21.1. The van der Waals surface area contributed by atoms with Gasteiger partial charge in [0, 0.05) is 11.8 Å². The molecule has 0 unspecified atom stereocenters. The Morgan fingerprint density at radius 3 is 0.846 bits per heavy atom. The van der Waals surface area contributed by atoms with E-state index in [1.54, 1.807) is 0 Å². The zero-order valence-electron chi connectivity index (χ0n) is 35.2. The minimum absolute atomic E-state index is 0.0703. The molecule has 0 saturated heterocycles. The lowest BCUT2D eigenvalue weighted by Crippen LogP contribution is -2.29. The van der Waals surface area contributed by atoms with Gasteiger partial charge in [0.1, 0.15) is 0 Å². The van der Waals surface area contributed by atoms with E-state index in [9.17, 15) is 10.2 Å². The standard InChI is InChI=1S/C50H72O2/c1-39(2)31-35-47(49(11,12)51)37-33-45(9)29-19-27-43(7)25-17-23-41(5)21-15-16-22-42(6)24-18-26-44(8)28-20-30-46(10)34-38-48(50(13,14)52)36-32-40(3)4/h15-34,37-38,47-48,51-52H,35-36H2,1-14H3/b16-15+,23-17+,24-18+,27-19+,28-20+,37-33+,38-34+,41-21+,42-22+,43-25+,44-26+,45-29+,46-30+/t47-,48+. The second kappa shape index (κ2) is 25.9. The summed E-state index contributed by atoms with van der Waals surface area (Å²) in [6, 6.07) is 0. The van der Waals surface area contributed by atoms with Gasteiger partial charge >= 0.3 is 0 Å². The second-order valence-electron chi connectivity index (χ2n) is 15.6. The van der Waals surface area contributed by atoms with Crippen LogP contribution in [0.25, 0.3) is 0 Å². The van der Waals surface area contributed by atoms with E-state index in [4.69, 9.17) is 0 Å². The van der Waals surface area contributed by atoms with Crippen molar-refractivity contribution in [2.24, 2.45) is 11.8 Å². The predicted molar refractivity (Wildman–Crippen MR) is 234 cm³/mol. The van der Waals surface area contributed by atoms with E-state index in [0.29, 0.717) is 0 Å². The van der Waals surface area contributed by atoms with Gasteiger partial charge in [-0.2, -0.15) is 0 Å². The summed E-state index contributed by atoms with van der Waals surface area (Å²) in [6.45, 7) is 28.4. The van der Waals surface area contributed by atoms with E-state index >= 15 is 0 Å². The number of aliphatic hydroxyl groups is 2.